The van der Waals surface area contributed by atoms with Crippen LogP contribution in [-0.2, 0) is 5.41 Å². The Hall–Kier alpha value is -2.43. The minimum atomic E-state index is -1.05. The summed E-state index contributed by atoms with van der Waals surface area (Å²) in [7, 11) is 1.58. The number of aromatic amines is 1. The number of H-pyrrole nitrogens is 1. The van der Waals surface area contributed by atoms with Gasteiger partial charge in [-0.15, -0.1) is 0 Å². The van der Waals surface area contributed by atoms with Gasteiger partial charge in [0.05, 0.1) is 12.8 Å². The zero-order valence-corrected chi connectivity index (χ0v) is 12.7. The Morgan fingerprint density at radius 2 is 1.95 bits per heavy atom. The number of ether oxygens (including phenoxy) is 1. The van der Waals surface area contributed by atoms with E-state index >= 15 is 0 Å². The number of aromatic nitrogens is 1. The Balaban J connectivity index is 2.61. The molecular weight excluding hydrogens is 268 g/mol. The predicted molar refractivity (Wildman–Crippen MR) is 82.9 cm³/mol. The Kier molecular flexibility index (Phi) is 3.68. The molecule has 0 aliphatic rings. The molecule has 5 heteroatoms. The van der Waals surface area contributed by atoms with Gasteiger partial charge in [-0.3, -0.25) is 0 Å². The predicted octanol–water partition coefficient (Wildman–Crippen LogP) is 3.27. The zero-order valence-electron chi connectivity index (χ0n) is 12.7. The number of methoxy groups -OCH3 is 1. The van der Waals surface area contributed by atoms with Crippen LogP contribution < -0.4 is 10.5 Å². The molecule has 0 saturated heterocycles. The molecule has 21 heavy (non-hydrogen) atoms. The number of nitrogens with one attached hydrogen (secondary N) is 1. The maximum Gasteiger partial charge on any atom is 0.339 e. The van der Waals surface area contributed by atoms with E-state index in [4.69, 9.17) is 15.6 Å². The summed E-state index contributed by atoms with van der Waals surface area (Å²) in [6.45, 7) is 6.35. The lowest BCUT2D eigenvalue weighted by atomic mass is 9.85. The number of benzene rings is 1. The highest BCUT2D eigenvalue weighted by Gasteiger charge is 2.19. The maximum absolute atomic E-state index is 11.1. The molecule has 0 radical (unpaired) electrons. The molecule has 2 rings (SSSR count). The number of rotatable bonds is 3. The average Bonchev–Trinajstić information content (AvgIpc) is 2.79. The first kappa shape index (κ1) is 15.0. The number of carboxylic acids is 1. The topological polar surface area (TPSA) is 88.3 Å². The van der Waals surface area contributed by atoms with Crippen molar-refractivity contribution in [3.05, 3.63) is 35.4 Å². The second-order valence-corrected chi connectivity index (χ2v) is 5.98. The van der Waals surface area contributed by atoms with E-state index in [-0.39, 0.29) is 16.8 Å². The molecule has 112 valence electrons. The molecule has 1 aromatic heterocycles. The SMILES string of the molecule is COc1ccc(C(C)(C)C)cc1-c1cc(C(=O)O)c(N)[nH]1. The van der Waals surface area contributed by atoms with Crippen molar-refractivity contribution in [2.45, 2.75) is 26.2 Å². The van der Waals surface area contributed by atoms with Crippen LogP contribution in [0.4, 0.5) is 5.82 Å². The van der Waals surface area contributed by atoms with Gasteiger partial charge in [0.15, 0.2) is 0 Å². The minimum absolute atomic E-state index is 0.0191. The highest BCUT2D eigenvalue weighted by molar-refractivity contribution is 5.95. The van der Waals surface area contributed by atoms with Gasteiger partial charge in [0.25, 0.3) is 0 Å². The van der Waals surface area contributed by atoms with E-state index < -0.39 is 5.97 Å². The third kappa shape index (κ3) is 2.86. The summed E-state index contributed by atoms with van der Waals surface area (Å²) in [5.74, 6) is -0.247. The van der Waals surface area contributed by atoms with Gasteiger partial charge in [-0.1, -0.05) is 26.8 Å². The van der Waals surface area contributed by atoms with E-state index in [9.17, 15) is 4.79 Å². The van der Waals surface area contributed by atoms with Gasteiger partial charge in [-0.2, -0.15) is 0 Å². The van der Waals surface area contributed by atoms with Crippen molar-refractivity contribution in [2.24, 2.45) is 0 Å². The van der Waals surface area contributed by atoms with Crippen LogP contribution >= 0.6 is 0 Å². The van der Waals surface area contributed by atoms with Gasteiger partial charge in [0.1, 0.15) is 17.1 Å². The number of carboxylic acid groups (broad SMARTS) is 1. The van der Waals surface area contributed by atoms with Crippen LogP contribution in [0.5, 0.6) is 5.75 Å². The second-order valence-electron chi connectivity index (χ2n) is 5.98. The number of anilines is 1. The Morgan fingerprint density at radius 1 is 1.29 bits per heavy atom. The van der Waals surface area contributed by atoms with Crippen LogP contribution in [0.15, 0.2) is 24.3 Å². The fraction of sp³-hybridized carbons (Fsp3) is 0.312. The van der Waals surface area contributed by atoms with E-state index in [0.29, 0.717) is 11.4 Å². The Morgan fingerprint density at radius 3 is 2.43 bits per heavy atom. The van der Waals surface area contributed by atoms with E-state index in [1.54, 1.807) is 7.11 Å². The Bertz CT molecular complexity index is 681. The van der Waals surface area contributed by atoms with Crippen LogP contribution in [0, 0.1) is 0 Å². The summed E-state index contributed by atoms with van der Waals surface area (Å²) < 4.78 is 5.37. The number of hydrogen-bond acceptors (Lipinski definition) is 3. The molecule has 4 N–H and O–H groups in total. The lowest BCUT2D eigenvalue weighted by molar-refractivity contribution is 0.0698. The zero-order chi connectivity index (χ0) is 15.8. The smallest absolute Gasteiger partial charge is 0.339 e. The van der Waals surface area contributed by atoms with Crippen molar-refractivity contribution in [3.63, 3.8) is 0 Å². The molecule has 0 atom stereocenters. The molecule has 0 amide bonds. The molecule has 1 heterocycles. The lowest BCUT2D eigenvalue weighted by Crippen LogP contribution is -2.11. The van der Waals surface area contributed by atoms with Gasteiger partial charge < -0.3 is 20.6 Å². The molecular formula is C16H20N2O3. The quantitative estimate of drug-likeness (QED) is 0.808. The van der Waals surface area contributed by atoms with Crippen molar-refractivity contribution >= 4 is 11.8 Å². The minimum Gasteiger partial charge on any atom is -0.496 e. The second kappa shape index (κ2) is 5.16. The maximum atomic E-state index is 11.1. The average molecular weight is 288 g/mol. The van der Waals surface area contributed by atoms with Crippen molar-refractivity contribution in [1.82, 2.24) is 4.98 Å². The van der Waals surface area contributed by atoms with Crippen LogP contribution in [0.25, 0.3) is 11.3 Å². The summed E-state index contributed by atoms with van der Waals surface area (Å²) in [5, 5.41) is 9.10. The highest BCUT2D eigenvalue weighted by atomic mass is 16.5. The normalized spacial score (nSPS) is 11.4. The van der Waals surface area contributed by atoms with E-state index in [1.807, 2.05) is 18.2 Å². The monoisotopic (exact) mass is 288 g/mol. The van der Waals surface area contributed by atoms with Crippen LogP contribution in [0.3, 0.4) is 0 Å². The third-order valence-corrected chi connectivity index (χ3v) is 3.43. The van der Waals surface area contributed by atoms with Crippen LogP contribution in [0.2, 0.25) is 0 Å². The van der Waals surface area contributed by atoms with Gasteiger partial charge in [-0.05, 0) is 29.2 Å². The van der Waals surface area contributed by atoms with Gasteiger partial charge in [0.2, 0.25) is 0 Å². The number of carbonyl (C=O) groups is 1. The van der Waals surface area contributed by atoms with Crippen molar-refractivity contribution in [1.29, 1.82) is 0 Å². The molecule has 0 saturated carbocycles. The summed E-state index contributed by atoms with van der Waals surface area (Å²) >= 11 is 0. The molecule has 0 unspecified atom stereocenters. The summed E-state index contributed by atoms with van der Waals surface area (Å²) in [5.41, 5.74) is 8.32. The van der Waals surface area contributed by atoms with Gasteiger partial charge >= 0.3 is 5.97 Å². The molecule has 0 bridgehead atoms. The summed E-state index contributed by atoms with van der Waals surface area (Å²) in [4.78, 5) is 14.0. The summed E-state index contributed by atoms with van der Waals surface area (Å²) in [6, 6.07) is 7.41. The number of nitrogen functional groups attached to an aromatic ring is 1. The number of nitrogens with two attached hydrogens (primary N) is 1. The first-order chi connectivity index (χ1) is 9.74. The Labute approximate surface area is 123 Å². The molecule has 0 aliphatic carbocycles. The van der Waals surface area contributed by atoms with Crippen molar-refractivity contribution < 1.29 is 14.6 Å². The van der Waals surface area contributed by atoms with E-state index in [1.165, 1.54) is 6.07 Å². The highest BCUT2D eigenvalue weighted by Crippen LogP contribution is 2.35. The first-order valence-electron chi connectivity index (χ1n) is 6.64. The number of hydrogen-bond donors (Lipinski definition) is 3. The van der Waals surface area contributed by atoms with Crippen molar-refractivity contribution in [3.8, 4) is 17.0 Å². The lowest BCUT2D eigenvalue weighted by Gasteiger charge is -2.20. The summed E-state index contributed by atoms with van der Waals surface area (Å²) in [6.07, 6.45) is 0. The van der Waals surface area contributed by atoms with Crippen molar-refractivity contribution in [2.75, 3.05) is 12.8 Å². The third-order valence-electron chi connectivity index (χ3n) is 3.43. The fourth-order valence-corrected chi connectivity index (χ4v) is 2.18. The molecule has 0 spiro atoms. The molecule has 0 aliphatic heterocycles. The first-order valence-corrected chi connectivity index (χ1v) is 6.64. The molecule has 1 aromatic carbocycles. The molecule has 5 nitrogen and oxygen atoms in total. The molecule has 2 aromatic rings. The standard InChI is InChI=1S/C16H20N2O3/c1-16(2,3)9-5-6-13(21-4)10(7-9)12-8-11(15(19)20)14(17)18-12/h5-8,18H,17H2,1-4H3,(H,19,20). The van der Waals surface area contributed by atoms with Crippen LogP contribution in [0.1, 0.15) is 36.7 Å². The van der Waals surface area contributed by atoms with E-state index in [2.05, 4.69) is 25.8 Å². The van der Waals surface area contributed by atoms with Gasteiger partial charge in [0, 0.05) is 5.56 Å². The van der Waals surface area contributed by atoms with Crippen LogP contribution in [-0.4, -0.2) is 23.2 Å². The van der Waals surface area contributed by atoms with Gasteiger partial charge in [-0.25, -0.2) is 4.79 Å². The fourth-order valence-electron chi connectivity index (χ4n) is 2.18. The van der Waals surface area contributed by atoms with E-state index in [0.717, 1.165) is 11.1 Å². The largest absolute Gasteiger partial charge is 0.496 e. The number of aromatic carboxylic acids is 1. The molecule has 0 fully saturated rings.